The number of nitrogens with zero attached hydrogens (tertiary/aromatic N) is 2. The van der Waals surface area contributed by atoms with E-state index in [1.54, 1.807) is 0 Å². The van der Waals surface area contributed by atoms with Crippen molar-refractivity contribution in [3.8, 4) is 0 Å². The minimum absolute atomic E-state index is 0.182. The summed E-state index contributed by atoms with van der Waals surface area (Å²) in [5.74, 6) is 1.02. The van der Waals surface area contributed by atoms with Crippen LogP contribution in [-0.4, -0.2) is 27.2 Å². The van der Waals surface area contributed by atoms with Gasteiger partial charge in [0.25, 0.3) is 0 Å². The number of nitrogens with two attached hydrogens (primary N) is 1. The molecule has 17 heavy (non-hydrogen) atoms. The Morgan fingerprint density at radius 2 is 2.00 bits per heavy atom. The quantitative estimate of drug-likeness (QED) is 0.720. The van der Waals surface area contributed by atoms with Crippen LogP contribution in [0.25, 0.3) is 10.9 Å². The number of hydrogen-bond donors (Lipinski definition) is 3. The van der Waals surface area contributed by atoms with E-state index in [0.29, 0.717) is 0 Å². The van der Waals surface area contributed by atoms with Crippen molar-refractivity contribution in [2.45, 2.75) is 25.0 Å². The number of hydrogen-bond acceptors (Lipinski definition) is 5. The van der Waals surface area contributed by atoms with Crippen molar-refractivity contribution in [3.05, 3.63) is 24.3 Å². The number of para-hydroxylation sites is 1. The molecule has 0 aliphatic heterocycles. The van der Waals surface area contributed by atoms with E-state index < -0.39 is 0 Å². The second-order valence-electron chi connectivity index (χ2n) is 4.41. The summed E-state index contributed by atoms with van der Waals surface area (Å²) in [6.45, 7) is 0. The molecule has 0 unspecified atom stereocenters. The number of rotatable bonds is 2. The molecule has 1 aliphatic rings. The van der Waals surface area contributed by atoms with E-state index in [1.165, 1.54) is 0 Å². The van der Waals surface area contributed by atoms with Gasteiger partial charge in [-0.05, 0) is 25.0 Å². The van der Waals surface area contributed by atoms with Gasteiger partial charge in [-0.1, -0.05) is 12.1 Å². The molecule has 1 saturated carbocycles. The molecule has 1 fully saturated rings. The summed E-state index contributed by atoms with van der Waals surface area (Å²) in [5.41, 5.74) is 6.51. The maximum absolute atomic E-state index is 9.27. The van der Waals surface area contributed by atoms with Crippen LogP contribution < -0.4 is 11.1 Å². The van der Waals surface area contributed by atoms with Gasteiger partial charge in [-0.3, -0.25) is 0 Å². The lowest BCUT2D eigenvalue weighted by Gasteiger charge is -2.32. The number of benzene rings is 1. The van der Waals surface area contributed by atoms with Crippen molar-refractivity contribution in [1.29, 1.82) is 0 Å². The van der Waals surface area contributed by atoms with Crippen molar-refractivity contribution < 1.29 is 5.11 Å². The summed E-state index contributed by atoms with van der Waals surface area (Å²) in [4.78, 5) is 8.40. The summed E-state index contributed by atoms with van der Waals surface area (Å²) in [7, 11) is 0. The zero-order valence-corrected chi connectivity index (χ0v) is 9.30. The van der Waals surface area contributed by atoms with E-state index >= 15 is 0 Å². The molecule has 5 nitrogen and oxygen atoms in total. The largest absolute Gasteiger partial charge is 0.393 e. The SMILES string of the molecule is Nc1nc(NC2CC(O)C2)c2ccccc2n1. The first-order valence-corrected chi connectivity index (χ1v) is 5.69. The Morgan fingerprint density at radius 3 is 2.76 bits per heavy atom. The molecule has 0 saturated heterocycles. The van der Waals surface area contributed by atoms with E-state index in [9.17, 15) is 5.11 Å². The van der Waals surface area contributed by atoms with Crippen LogP contribution in [0.2, 0.25) is 0 Å². The van der Waals surface area contributed by atoms with Crippen LogP contribution in [0.5, 0.6) is 0 Å². The number of anilines is 2. The van der Waals surface area contributed by atoms with Crippen molar-refractivity contribution >= 4 is 22.7 Å². The minimum Gasteiger partial charge on any atom is -0.393 e. The lowest BCUT2D eigenvalue weighted by Crippen LogP contribution is -2.39. The molecule has 88 valence electrons. The van der Waals surface area contributed by atoms with Crippen LogP contribution in [0.1, 0.15) is 12.8 Å². The van der Waals surface area contributed by atoms with Crippen LogP contribution in [0, 0.1) is 0 Å². The zero-order chi connectivity index (χ0) is 11.8. The van der Waals surface area contributed by atoms with Gasteiger partial charge in [0.15, 0.2) is 0 Å². The normalized spacial score (nSPS) is 23.4. The Labute approximate surface area is 98.7 Å². The number of nitrogens with one attached hydrogen (secondary N) is 1. The standard InChI is InChI=1S/C12H14N4O/c13-12-15-10-4-2-1-3-9(10)11(16-12)14-7-5-8(17)6-7/h1-4,7-8,17H,5-6H2,(H3,13,14,15,16). The Morgan fingerprint density at radius 1 is 1.24 bits per heavy atom. The van der Waals surface area contributed by atoms with Crippen molar-refractivity contribution in [2.24, 2.45) is 0 Å². The van der Waals surface area contributed by atoms with Crippen molar-refractivity contribution in [1.82, 2.24) is 9.97 Å². The van der Waals surface area contributed by atoms with Crippen LogP contribution in [0.4, 0.5) is 11.8 Å². The lowest BCUT2D eigenvalue weighted by atomic mass is 9.89. The summed E-state index contributed by atoms with van der Waals surface area (Å²) in [5, 5.41) is 13.5. The third-order valence-corrected chi connectivity index (χ3v) is 3.07. The highest BCUT2D eigenvalue weighted by molar-refractivity contribution is 5.89. The molecule has 0 atom stereocenters. The molecule has 1 aromatic carbocycles. The van der Waals surface area contributed by atoms with Gasteiger partial charge in [0, 0.05) is 11.4 Å². The molecule has 0 radical (unpaired) electrons. The molecule has 3 rings (SSSR count). The van der Waals surface area contributed by atoms with E-state index in [0.717, 1.165) is 29.6 Å². The minimum atomic E-state index is -0.182. The van der Waals surface area contributed by atoms with Crippen LogP contribution in [-0.2, 0) is 0 Å². The molecule has 1 aromatic heterocycles. The molecule has 4 N–H and O–H groups in total. The highest BCUT2D eigenvalue weighted by Gasteiger charge is 2.27. The number of aromatic nitrogens is 2. The second-order valence-corrected chi connectivity index (χ2v) is 4.41. The molecular formula is C12H14N4O. The second kappa shape index (κ2) is 3.85. The number of aliphatic hydroxyl groups is 1. The molecular weight excluding hydrogens is 216 g/mol. The molecule has 0 bridgehead atoms. The number of aliphatic hydroxyl groups excluding tert-OH is 1. The average Bonchev–Trinajstić information content (AvgIpc) is 2.26. The Kier molecular flexibility index (Phi) is 2.33. The van der Waals surface area contributed by atoms with Gasteiger partial charge < -0.3 is 16.2 Å². The van der Waals surface area contributed by atoms with E-state index in [1.807, 2.05) is 24.3 Å². The van der Waals surface area contributed by atoms with Crippen LogP contribution in [0.3, 0.4) is 0 Å². The monoisotopic (exact) mass is 230 g/mol. The first kappa shape index (κ1) is 10.3. The van der Waals surface area contributed by atoms with Gasteiger partial charge in [0.2, 0.25) is 5.95 Å². The topological polar surface area (TPSA) is 84.1 Å². The third-order valence-electron chi connectivity index (χ3n) is 3.07. The van der Waals surface area contributed by atoms with Crippen LogP contribution in [0.15, 0.2) is 24.3 Å². The Bertz CT molecular complexity index is 551. The fourth-order valence-corrected chi connectivity index (χ4v) is 2.10. The summed E-state index contributed by atoms with van der Waals surface area (Å²) >= 11 is 0. The van der Waals surface area contributed by atoms with E-state index in [-0.39, 0.29) is 18.1 Å². The predicted octanol–water partition coefficient (Wildman–Crippen LogP) is 1.15. The molecule has 1 aliphatic carbocycles. The van der Waals surface area contributed by atoms with E-state index in [2.05, 4.69) is 15.3 Å². The van der Waals surface area contributed by atoms with E-state index in [4.69, 9.17) is 5.73 Å². The Balaban J connectivity index is 1.97. The number of nitrogen functional groups attached to an aromatic ring is 1. The highest BCUT2D eigenvalue weighted by atomic mass is 16.3. The maximum atomic E-state index is 9.27. The fourth-order valence-electron chi connectivity index (χ4n) is 2.10. The molecule has 2 aromatic rings. The van der Waals surface area contributed by atoms with Gasteiger partial charge in [0.1, 0.15) is 5.82 Å². The molecule has 1 heterocycles. The van der Waals surface area contributed by atoms with Crippen molar-refractivity contribution in [3.63, 3.8) is 0 Å². The first-order valence-electron chi connectivity index (χ1n) is 5.69. The first-order chi connectivity index (χ1) is 8.22. The zero-order valence-electron chi connectivity index (χ0n) is 9.30. The van der Waals surface area contributed by atoms with Crippen molar-refractivity contribution in [2.75, 3.05) is 11.1 Å². The fraction of sp³-hybridized carbons (Fsp3) is 0.333. The lowest BCUT2D eigenvalue weighted by molar-refractivity contribution is 0.0836. The Hall–Kier alpha value is -1.88. The molecule has 0 amide bonds. The summed E-state index contributed by atoms with van der Waals surface area (Å²) in [6, 6.07) is 8.03. The third kappa shape index (κ3) is 1.89. The predicted molar refractivity (Wildman–Crippen MR) is 66.6 cm³/mol. The maximum Gasteiger partial charge on any atom is 0.222 e. The number of fused-ring (bicyclic) bond motifs is 1. The van der Waals surface area contributed by atoms with Gasteiger partial charge in [-0.25, -0.2) is 4.98 Å². The summed E-state index contributed by atoms with van der Waals surface area (Å²) < 4.78 is 0. The molecule has 5 heteroatoms. The van der Waals surface area contributed by atoms with Gasteiger partial charge in [0.05, 0.1) is 11.6 Å². The highest BCUT2D eigenvalue weighted by Crippen LogP contribution is 2.27. The van der Waals surface area contributed by atoms with Gasteiger partial charge in [-0.15, -0.1) is 0 Å². The van der Waals surface area contributed by atoms with Gasteiger partial charge in [-0.2, -0.15) is 4.98 Å². The van der Waals surface area contributed by atoms with Crippen LogP contribution >= 0.6 is 0 Å². The molecule has 0 spiro atoms. The average molecular weight is 230 g/mol. The smallest absolute Gasteiger partial charge is 0.222 e. The van der Waals surface area contributed by atoms with Gasteiger partial charge >= 0.3 is 0 Å². The summed E-state index contributed by atoms with van der Waals surface area (Å²) in [6.07, 6.45) is 1.34.